The van der Waals surface area contributed by atoms with Crippen LogP contribution in [-0.2, 0) is 9.59 Å². The van der Waals surface area contributed by atoms with Crippen LogP contribution in [0.25, 0.3) is 0 Å². The van der Waals surface area contributed by atoms with Crippen LogP contribution in [0.1, 0.15) is 33.6 Å². The van der Waals surface area contributed by atoms with Gasteiger partial charge in [-0.05, 0) is 42.5 Å². The molecule has 0 N–H and O–H groups in total. The summed E-state index contributed by atoms with van der Waals surface area (Å²) in [5.41, 5.74) is 1.89. The lowest BCUT2D eigenvalue weighted by Crippen LogP contribution is -2.51. The molecule has 0 saturated carbocycles. The van der Waals surface area contributed by atoms with E-state index < -0.39 is 23.3 Å². The number of aliphatic carboxylic acids is 2. The maximum atomic E-state index is 10.6. The summed E-state index contributed by atoms with van der Waals surface area (Å²) in [6.07, 6.45) is 0.937. The molecular formula is C27H42N2O4. The van der Waals surface area contributed by atoms with Crippen LogP contribution in [0.5, 0.6) is 0 Å². The number of rotatable bonds is 7. The number of carboxylic acids is 2. The summed E-state index contributed by atoms with van der Waals surface area (Å²) in [6, 6.07) is 20.9. The van der Waals surface area contributed by atoms with Gasteiger partial charge in [-0.25, -0.2) is 0 Å². The van der Waals surface area contributed by atoms with Gasteiger partial charge in [0.2, 0.25) is 0 Å². The molecule has 0 aliphatic heterocycles. The Morgan fingerprint density at radius 3 is 1.09 bits per heavy atom. The Morgan fingerprint density at radius 2 is 0.970 bits per heavy atom. The van der Waals surface area contributed by atoms with E-state index in [4.69, 9.17) is 0 Å². The van der Waals surface area contributed by atoms with Crippen molar-refractivity contribution in [1.29, 1.82) is 0 Å². The highest BCUT2D eigenvalue weighted by Gasteiger charge is 2.32. The molecule has 2 aromatic rings. The summed E-state index contributed by atoms with van der Waals surface area (Å²) < 4.78 is 1.78. The average Bonchev–Trinajstić information content (AvgIpc) is 2.74. The molecule has 0 spiro atoms. The highest BCUT2D eigenvalue weighted by atomic mass is 16.4. The summed E-state index contributed by atoms with van der Waals surface area (Å²) in [7, 11) is 13.0. The number of hydrogen-bond acceptors (Lipinski definition) is 4. The molecule has 0 heterocycles. The zero-order valence-corrected chi connectivity index (χ0v) is 21.8. The van der Waals surface area contributed by atoms with Crippen molar-refractivity contribution in [3.05, 3.63) is 60.7 Å². The monoisotopic (exact) mass is 458 g/mol. The topological polar surface area (TPSA) is 80.3 Å². The van der Waals surface area contributed by atoms with E-state index in [0.717, 1.165) is 8.97 Å². The third-order valence-electron chi connectivity index (χ3n) is 5.85. The molecule has 0 bridgehead atoms. The van der Waals surface area contributed by atoms with Crippen LogP contribution in [-0.4, -0.2) is 54.2 Å². The van der Waals surface area contributed by atoms with E-state index in [1.165, 1.54) is 11.4 Å². The molecule has 0 fully saturated rings. The zero-order chi connectivity index (χ0) is 25.9. The normalized spacial score (nSPS) is 11.6. The number of para-hydroxylation sites is 2. The molecule has 33 heavy (non-hydrogen) atoms. The Balaban J connectivity index is 0.000000470. The van der Waals surface area contributed by atoms with Crippen molar-refractivity contribution in [2.45, 2.75) is 33.6 Å². The number of benzene rings is 2. The van der Waals surface area contributed by atoms with E-state index in [9.17, 15) is 19.8 Å². The summed E-state index contributed by atoms with van der Waals surface area (Å²) in [4.78, 5) is 21.1. The molecule has 0 aliphatic rings. The Hall–Kier alpha value is -2.70. The predicted molar refractivity (Wildman–Crippen MR) is 134 cm³/mol. The third-order valence-corrected chi connectivity index (χ3v) is 5.85. The highest BCUT2D eigenvalue weighted by molar-refractivity contribution is 5.91. The minimum absolute atomic E-state index is 0.468. The largest absolute Gasteiger partial charge is 0.549 e. The van der Waals surface area contributed by atoms with Crippen molar-refractivity contribution >= 4 is 23.3 Å². The Morgan fingerprint density at radius 1 is 0.697 bits per heavy atom. The summed E-state index contributed by atoms with van der Waals surface area (Å²) in [5.74, 6) is -4.65. The van der Waals surface area contributed by atoms with Gasteiger partial charge in [-0.3, -0.25) is 8.97 Å². The van der Waals surface area contributed by atoms with E-state index >= 15 is 0 Å². The summed E-state index contributed by atoms with van der Waals surface area (Å²) >= 11 is 0. The van der Waals surface area contributed by atoms with Gasteiger partial charge in [-0.15, -0.1) is 0 Å². The molecule has 2 aromatic carbocycles. The highest BCUT2D eigenvalue weighted by Crippen LogP contribution is 2.34. The van der Waals surface area contributed by atoms with Crippen LogP contribution in [0.15, 0.2) is 60.7 Å². The molecule has 0 saturated heterocycles. The quantitative estimate of drug-likeness (QED) is 0.472. The van der Waals surface area contributed by atoms with Gasteiger partial charge in [0.1, 0.15) is 11.4 Å². The molecule has 0 aliphatic carbocycles. The Kier molecular flexibility index (Phi) is 12.0. The van der Waals surface area contributed by atoms with Gasteiger partial charge >= 0.3 is 0 Å². The predicted octanol–water partition coefficient (Wildman–Crippen LogP) is 2.70. The first-order valence-electron chi connectivity index (χ1n) is 11.3. The molecular weight excluding hydrogens is 416 g/mol. The molecule has 184 valence electrons. The first-order valence-corrected chi connectivity index (χ1v) is 11.3. The Labute approximate surface area is 200 Å². The zero-order valence-electron chi connectivity index (χ0n) is 21.8. The molecule has 0 atom stereocenters. The first-order chi connectivity index (χ1) is 15.1. The standard InChI is InChI=1S/2C9H14N.C9H16O4/c2*1-10(2,3)9-7-5-4-6-8-9;1-4-9(3,5-2)6(7(10)11)8(12)13/h2*4-8H,1-3H3;6H,4-5H2,1-3H3,(H,10,11)(H,12,13)/q2*+1;/p-2. The maximum absolute atomic E-state index is 10.6. The second kappa shape index (κ2) is 13.1. The van der Waals surface area contributed by atoms with Crippen LogP contribution >= 0.6 is 0 Å². The fraction of sp³-hybridized carbons (Fsp3) is 0.481. The fourth-order valence-corrected chi connectivity index (χ4v) is 3.07. The number of carbonyl (C=O) groups excluding carboxylic acids is 2. The smallest absolute Gasteiger partial charge is 0.132 e. The molecule has 0 radical (unpaired) electrons. The van der Waals surface area contributed by atoms with E-state index in [-0.39, 0.29) is 0 Å². The SMILES string of the molecule is CCC(C)(CC)C(C(=O)[O-])C(=O)[O-].C[N+](C)(C)c1ccccc1.C[N+](C)(C)c1ccccc1. The second-order valence-electron chi connectivity index (χ2n) is 10.1. The molecule has 6 nitrogen and oxygen atoms in total. The lowest BCUT2D eigenvalue weighted by molar-refractivity contribution is -0.337. The molecule has 0 aromatic heterocycles. The van der Waals surface area contributed by atoms with Crippen molar-refractivity contribution in [3.63, 3.8) is 0 Å². The molecule has 0 unspecified atom stereocenters. The van der Waals surface area contributed by atoms with Crippen LogP contribution < -0.4 is 19.2 Å². The lowest BCUT2D eigenvalue weighted by atomic mass is 9.73. The number of carbonyl (C=O) groups is 2. The van der Waals surface area contributed by atoms with Crippen LogP contribution in [0.4, 0.5) is 11.4 Å². The molecule has 2 rings (SSSR count). The van der Waals surface area contributed by atoms with E-state index in [0.29, 0.717) is 12.8 Å². The maximum Gasteiger partial charge on any atom is 0.132 e. The number of carboxylic acid groups (broad SMARTS) is 2. The summed E-state index contributed by atoms with van der Waals surface area (Å²) in [5, 5.41) is 21.1. The fourth-order valence-electron chi connectivity index (χ4n) is 3.07. The summed E-state index contributed by atoms with van der Waals surface area (Å²) in [6.45, 7) is 5.12. The van der Waals surface area contributed by atoms with Crippen LogP contribution in [0.2, 0.25) is 0 Å². The van der Waals surface area contributed by atoms with E-state index in [1.807, 2.05) is 12.1 Å². The van der Waals surface area contributed by atoms with Gasteiger partial charge in [0, 0.05) is 5.92 Å². The minimum atomic E-state index is -1.56. The van der Waals surface area contributed by atoms with Crippen molar-refractivity contribution in [3.8, 4) is 0 Å². The van der Waals surface area contributed by atoms with Crippen molar-refractivity contribution in [2.75, 3.05) is 42.3 Å². The van der Waals surface area contributed by atoms with Gasteiger partial charge < -0.3 is 19.8 Å². The van der Waals surface area contributed by atoms with E-state index in [1.54, 1.807) is 20.8 Å². The van der Waals surface area contributed by atoms with Crippen molar-refractivity contribution < 1.29 is 19.8 Å². The number of hydrogen-bond donors (Lipinski definition) is 0. The van der Waals surface area contributed by atoms with Crippen molar-refractivity contribution in [2.24, 2.45) is 11.3 Å². The van der Waals surface area contributed by atoms with Crippen molar-refractivity contribution in [1.82, 2.24) is 8.97 Å². The van der Waals surface area contributed by atoms with Gasteiger partial charge in [0.15, 0.2) is 0 Å². The number of quaternary nitrogens is 2. The van der Waals surface area contributed by atoms with Gasteiger partial charge in [0.05, 0.1) is 54.2 Å². The minimum Gasteiger partial charge on any atom is -0.549 e. The Bertz CT molecular complexity index is 770. The molecule has 0 amide bonds. The van der Waals surface area contributed by atoms with E-state index in [2.05, 4.69) is 90.8 Å². The van der Waals surface area contributed by atoms with Crippen LogP contribution in [0, 0.1) is 11.3 Å². The van der Waals surface area contributed by atoms with Gasteiger partial charge in [-0.1, -0.05) is 57.2 Å². The first kappa shape index (κ1) is 30.3. The average molecular weight is 459 g/mol. The third kappa shape index (κ3) is 10.6. The second-order valence-corrected chi connectivity index (χ2v) is 10.1. The lowest BCUT2D eigenvalue weighted by Gasteiger charge is -2.37. The van der Waals surface area contributed by atoms with Gasteiger partial charge in [-0.2, -0.15) is 0 Å². The van der Waals surface area contributed by atoms with Gasteiger partial charge in [0.25, 0.3) is 0 Å². The number of nitrogens with zero attached hydrogens (tertiary/aromatic N) is 2. The molecule has 6 heteroatoms. The van der Waals surface area contributed by atoms with Crippen LogP contribution in [0.3, 0.4) is 0 Å².